The monoisotopic (exact) mass is 817 g/mol. The molecule has 326 valence electrons. The lowest BCUT2D eigenvalue weighted by Crippen LogP contribution is -2.63. The van der Waals surface area contributed by atoms with Crippen molar-refractivity contribution in [2.75, 3.05) is 32.7 Å². The van der Waals surface area contributed by atoms with Gasteiger partial charge in [-0.05, 0) is 121 Å². The van der Waals surface area contributed by atoms with Crippen molar-refractivity contribution < 1.29 is 52.6 Å². The Morgan fingerprint density at radius 2 is 1.00 bits per heavy atom. The maximum Gasteiger partial charge on any atom is 0.432 e. The van der Waals surface area contributed by atoms with E-state index in [0.717, 1.165) is 30.9 Å². The van der Waals surface area contributed by atoms with Gasteiger partial charge >= 0.3 is 24.4 Å². The Balaban J connectivity index is 0.00000102. The third-order valence-electron chi connectivity index (χ3n) is 8.87. The summed E-state index contributed by atoms with van der Waals surface area (Å²) in [5, 5.41) is 3.00. The van der Waals surface area contributed by atoms with Gasteiger partial charge in [-0.1, -0.05) is 18.2 Å². The molecule has 0 spiro atoms. The lowest BCUT2D eigenvalue weighted by molar-refractivity contribution is -0.193. The molecule has 2 fully saturated rings. The van der Waals surface area contributed by atoms with Gasteiger partial charge in [0.1, 0.15) is 11.2 Å². The van der Waals surface area contributed by atoms with Gasteiger partial charge in [-0.15, -0.1) is 0 Å². The quantitative estimate of drug-likeness (QED) is 0.264. The SMILES string of the molecule is CC(=O)N1CCC(N(CC(=O)OC(C)(C)C)C(C)(C)C)CC1.CC(=O)N1CCC(N(N(C(=O)OC(C)(C)C)C(=O)c2ccccc2)C(C)(C)C)CC1.O=C=O.O=C=O. The summed E-state index contributed by atoms with van der Waals surface area (Å²) in [6.07, 6.45) is 2.94. The van der Waals surface area contributed by atoms with Gasteiger partial charge in [-0.2, -0.15) is 29.2 Å². The number of piperidine rings is 2. The predicted octanol–water partition coefficient (Wildman–Crippen LogP) is 5.36. The smallest absolute Gasteiger partial charge is 0.432 e. The average molecular weight is 818 g/mol. The van der Waals surface area contributed by atoms with Crippen molar-refractivity contribution in [2.24, 2.45) is 0 Å². The zero-order valence-electron chi connectivity index (χ0n) is 37.1. The number of nitrogens with zero attached hydrogens (tertiary/aromatic N) is 5. The number of carbonyl (C=O) groups is 5. The molecule has 0 aliphatic carbocycles. The highest BCUT2D eigenvalue weighted by Crippen LogP contribution is 2.30. The Kier molecular flexibility index (Phi) is 21.7. The molecule has 1 aromatic carbocycles. The topological polar surface area (TPSA) is 188 Å². The highest BCUT2D eigenvalue weighted by molar-refractivity contribution is 6.02. The van der Waals surface area contributed by atoms with Crippen molar-refractivity contribution in [1.82, 2.24) is 24.7 Å². The highest BCUT2D eigenvalue weighted by atomic mass is 16.6. The lowest BCUT2D eigenvalue weighted by Gasteiger charge is -2.48. The van der Waals surface area contributed by atoms with Crippen molar-refractivity contribution in [3.8, 4) is 0 Å². The van der Waals surface area contributed by atoms with Gasteiger partial charge in [0, 0.05) is 68.8 Å². The molecule has 4 amide bonds. The molecular formula is C42H67N5O11. The summed E-state index contributed by atoms with van der Waals surface area (Å²) in [6.45, 7) is 29.5. The molecule has 0 bridgehead atoms. The van der Waals surface area contributed by atoms with E-state index < -0.39 is 28.7 Å². The zero-order valence-corrected chi connectivity index (χ0v) is 37.1. The molecule has 1 aromatic rings. The second-order valence-corrected chi connectivity index (χ2v) is 18.0. The molecule has 0 atom stereocenters. The van der Waals surface area contributed by atoms with E-state index in [1.807, 2.05) is 57.5 Å². The number of amides is 4. The Morgan fingerprint density at radius 1 is 0.621 bits per heavy atom. The molecule has 2 aliphatic heterocycles. The average Bonchev–Trinajstić information content (AvgIpc) is 3.08. The van der Waals surface area contributed by atoms with E-state index in [1.54, 1.807) is 63.8 Å². The van der Waals surface area contributed by atoms with E-state index >= 15 is 0 Å². The van der Waals surface area contributed by atoms with Crippen LogP contribution in [0.3, 0.4) is 0 Å². The second-order valence-electron chi connectivity index (χ2n) is 18.0. The number of carbonyl (C=O) groups excluding carboxylic acids is 9. The van der Waals surface area contributed by atoms with Crippen LogP contribution in [-0.2, 0) is 43.0 Å². The van der Waals surface area contributed by atoms with Crippen LogP contribution in [0.5, 0.6) is 0 Å². The first-order chi connectivity index (χ1) is 26.5. The number of benzene rings is 1. The Labute approximate surface area is 344 Å². The van der Waals surface area contributed by atoms with Gasteiger partial charge in [0.15, 0.2) is 0 Å². The molecule has 0 radical (unpaired) electrons. The fourth-order valence-corrected chi connectivity index (χ4v) is 6.63. The predicted molar refractivity (Wildman–Crippen MR) is 213 cm³/mol. The van der Waals surface area contributed by atoms with Crippen LogP contribution < -0.4 is 0 Å². The van der Waals surface area contributed by atoms with Crippen LogP contribution in [-0.4, -0.2) is 134 Å². The summed E-state index contributed by atoms with van der Waals surface area (Å²) in [7, 11) is 0. The molecule has 16 heteroatoms. The summed E-state index contributed by atoms with van der Waals surface area (Å²) < 4.78 is 11.1. The molecule has 2 heterocycles. The molecule has 0 saturated carbocycles. The molecule has 58 heavy (non-hydrogen) atoms. The molecule has 0 aromatic heterocycles. The summed E-state index contributed by atoms with van der Waals surface area (Å²) in [6, 6.07) is 8.98. The number of imide groups is 1. The first-order valence-electron chi connectivity index (χ1n) is 19.4. The van der Waals surface area contributed by atoms with Gasteiger partial charge in [0.2, 0.25) is 11.8 Å². The molecule has 2 aliphatic rings. The van der Waals surface area contributed by atoms with Gasteiger partial charge in [-0.3, -0.25) is 24.1 Å². The van der Waals surface area contributed by atoms with Gasteiger partial charge in [-0.25, -0.2) is 4.79 Å². The Hall–Kier alpha value is -4.75. The molecule has 0 N–H and O–H groups in total. The first kappa shape index (κ1) is 53.2. The fraction of sp³-hybridized carbons (Fsp3) is 0.690. The van der Waals surface area contributed by atoms with Crippen LogP contribution in [0, 0.1) is 0 Å². The lowest BCUT2D eigenvalue weighted by atomic mass is 9.96. The molecule has 0 unspecified atom stereocenters. The van der Waals surface area contributed by atoms with Crippen LogP contribution in [0.15, 0.2) is 30.3 Å². The van der Waals surface area contributed by atoms with E-state index in [-0.39, 0.29) is 41.7 Å². The molecule has 3 rings (SSSR count). The highest BCUT2D eigenvalue weighted by Gasteiger charge is 2.43. The largest absolute Gasteiger partial charge is 0.459 e. The van der Waals surface area contributed by atoms with E-state index in [9.17, 15) is 24.0 Å². The van der Waals surface area contributed by atoms with Gasteiger partial charge < -0.3 is 19.3 Å². The number of esters is 1. The van der Waals surface area contributed by atoms with E-state index in [2.05, 4.69) is 25.7 Å². The minimum atomic E-state index is -0.742. The minimum Gasteiger partial charge on any atom is -0.459 e. The van der Waals surface area contributed by atoms with E-state index in [0.29, 0.717) is 44.1 Å². The third kappa shape index (κ3) is 19.6. The van der Waals surface area contributed by atoms with Crippen LogP contribution in [0.1, 0.15) is 133 Å². The van der Waals surface area contributed by atoms with Crippen molar-refractivity contribution in [2.45, 2.75) is 157 Å². The summed E-state index contributed by atoms with van der Waals surface area (Å²) in [4.78, 5) is 101. The van der Waals surface area contributed by atoms with Crippen molar-refractivity contribution >= 4 is 42.1 Å². The van der Waals surface area contributed by atoms with Crippen LogP contribution >= 0.6 is 0 Å². The number of rotatable bonds is 6. The van der Waals surface area contributed by atoms with Crippen molar-refractivity contribution in [3.63, 3.8) is 0 Å². The first-order valence-corrected chi connectivity index (χ1v) is 19.4. The number of hydrogen-bond acceptors (Lipinski definition) is 13. The van der Waals surface area contributed by atoms with Gasteiger partial charge in [0.05, 0.1) is 6.54 Å². The van der Waals surface area contributed by atoms with Crippen LogP contribution in [0.4, 0.5) is 4.79 Å². The Bertz CT molecular complexity index is 1530. The minimum absolute atomic E-state index is 0.0418. The van der Waals surface area contributed by atoms with Crippen molar-refractivity contribution in [3.05, 3.63) is 35.9 Å². The second kappa shape index (κ2) is 23.6. The van der Waals surface area contributed by atoms with E-state index in [1.165, 1.54) is 0 Å². The standard InChI is InChI=1S/C23H35N3O4.C17H32N2O3.2CO2/c1-17(27)24-15-13-19(14-16-24)26(22(2,3)4)25(21(29)30-23(5,6)7)20(28)18-11-9-8-10-12-18;1-13(20)18-10-8-14(9-11-18)19(16(2,3)4)12-15(21)22-17(5,6)7;2*2-1-3/h8-12,19H,13-16H2,1-7H3;14H,8-12H2,1-7H3;;. The zero-order chi connectivity index (χ0) is 45.2. The maximum absolute atomic E-state index is 13.5. The molecule has 2 saturated heterocycles. The van der Waals surface area contributed by atoms with Crippen LogP contribution in [0.25, 0.3) is 0 Å². The number of hydrazine groups is 1. The number of ether oxygens (including phenoxy) is 2. The van der Waals surface area contributed by atoms with E-state index in [4.69, 9.17) is 28.7 Å². The molecular weight excluding hydrogens is 750 g/mol. The summed E-state index contributed by atoms with van der Waals surface area (Å²) >= 11 is 0. The molecule has 16 nitrogen and oxygen atoms in total. The Morgan fingerprint density at radius 3 is 1.33 bits per heavy atom. The summed E-state index contributed by atoms with van der Waals surface area (Å²) in [5.41, 5.74) is -1.42. The number of hydrogen-bond donors (Lipinski definition) is 0. The maximum atomic E-state index is 13.5. The van der Waals surface area contributed by atoms with Crippen molar-refractivity contribution in [1.29, 1.82) is 0 Å². The normalized spacial score (nSPS) is 15.2. The third-order valence-corrected chi connectivity index (χ3v) is 8.87. The van der Waals surface area contributed by atoms with Crippen LogP contribution in [0.2, 0.25) is 0 Å². The van der Waals surface area contributed by atoms with Gasteiger partial charge in [0.25, 0.3) is 5.91 Å². The number of likely N-dealkylation sites (tertiary alicyclic amines) is 2. The summed E-state index contributed by atoms with van der Waals surface area (Å²) in [5.74, 6) is -0.432. The fourth-order valence-electron chi connectivity index (χ4n) is 6.63.